The van der Waals surface area contributed by atoms with E-state index in [1.807, 2.05) is 41.5 Å². The molecule has 1 rings (SSSR count). The van der Waals surface area contributed by atoms with Crippen LogP contribution in [-0.2, 0) is 12.8 Å². The highest BCUT2D eigenvalue weighted by molar-refractivity contribution is 5.27. The Morgan fingerprint density at radius 1 is 0.611 bits per heavy atom. The molecule has 0 fully saturated rings. The van der Waals surface area contributed by atoms with E-state index in [2.05, 4.69) is 38.1 Å². The second-order valence-electron chi connectivity index (χ2n) is 3.27. The number of rotatable bonds is 4. The fourth-order valence-electron chi connectivity index (χ4n) is 1.58. The molecule has 0 heteroatoms. The average Bonchev–Trinajstić information content (AvgIpc) is 2.48. The number of aryl methyl sites for hydroxylation is 2. The van der Waals surface area contributed by atoms with Crippen LogP contribution in [0.3, 0.4) is 0 Å². The molecular formula is C18H36. The third kappa shape index (κ3) is 11.7. The van der Waals surface area contributed by atoms with Crippen LogP contribution >= 0.6 is 0 Å². The van der Waals surface area contributed by atoms with Gasteiger partial charge in [0, 0.05) is 0 Å². The highest BCUT2D eigenvalue weighted by Crippen LogP contribution is 2.12. The quantitative estimate of drug-likeness (QED) is 0.561. The maximum absolute atomic E-state index is 2.26. The van der Waals surface area contributed by atoms with Gasteiger partial charge < -0.3 is 0 Å². The van der Waals surface area contributed by atoms with Gasteiger partial charge in [-0.3, -0.25) is 0 Å². The van der Waals surface area contributed by atoms with Crippen LogP contribution in [0, 0.1) is 0 Å². The smallest absolute Gasteiger partial charge is 0.0279 e. The zero-order valence-corrected chi connectivity index (χ0v) is 14.1. The van der Waals surface area contributed by atoms with Gasteiger partial charge in [-0.1, -0.05) is 92.5 Å². The summed E-state index contributed by atoms with van der Waals surface area (Å²) in [6, 6.07) is 8.80. The summed E-state index contributed by atoms with van der Waals surface area (Å²) >= 11 is 0. The van der Waals surface area contributed by atoms with Gasteiger partial charge in [0.1, 0.15) is 0 Å². The standard InChI is InChI=1S/C12H18.3C2H6/c1-3-7-11-9-5-6-10-12(11)8-4-2;3*1-2/h5-6,9-10H,3-4,7-8H2,1-2H3;3*1-2H3. The number of hydrogen-bond acceptors (Lipinski definition) is 0. The van der Waals surface area contributed by atoms with Crippen LogP contribution in [-0.4, -0.2) is 0 Å². The fraction of sp³-hybridized carbons (Fsp3) is 0.667. The van der Waals surface area contributed by atoms with E-state index in [1.54, 1.807) is 11.1 Å². The molecule has 0 amide bonds. The lowest BCUT2D eigenvalue weighted by Gasteiger charge is -2.06. The Hall–Kier alpha value is -0.780. The van der Waals surface area contributed by atoms with E-state index >= 15 is 0 Å². The molecule has 0 radical (unpaired) electrons. The van der Waals surface area contributed by atoms with Crippen LogP contribution in [0.15, 0.2) is 24.3 Å². The van der Waals surface area contributed by atoms with E-state index in [0.717, 1.165) is 0 Å². The van der Waals surface area contributed by atoms with Gasteiger partial charge in [-0.25, -0.2) is 0 Å². The van der Waals surface area contributed by atoms with Crippen molar-refractivity contribution in [3.8, 4) is 0 Å². The van der Waals surface area contributed by atoms with Gasteiger partial charge in [0.15, 0.2) is 0 Å². The summed E-state index contributed by atoms with van der Waals surface area (Å²) in [4.78, 5) is 0. The zero-order valence-electron chi connectivity index (χ0n) is 14.1. The Bertz CT molecular complexity index is 200. The van der Waals surface area contributed by atoms with Gasteiger partial charge >= 0.3 is 0 Å². The van der Waals surface area contributed by atoms with Crippen LogP contribution in [0.2, 0.25) is 0 Å². The molecule has 0 saturated carbocycles. The molecule has 1 aromatic carbocycles. The molecule has 1 aromatic rings. The minimum atomic E-state index is 1.23. The summed E-state index contributed by atoms with van der Waals surface area (Å²) in [5.74, 6) is 0. The number of benzene rings is 1. The van der Waals surface area contributed by atoms with Gasteiger partial charge in [0.25, 0.3) is 0 Å². The van der Waals surface area contributed by atoms with Gasteiger partial charge in [-0.05, 0) is 24.0 Å². The van der Waals surface area contributed by atoms with E-state index in [4.69, 9.17) is 0 Å². The maximum atomic E-state index is 2.26. The summed E-state index contributed by atoms with van der Waals surface area (Å²) in [7, 11) is 0. The summed E-state index contributed by atoms with van der Waals surface area (Å²) in [6.45, 7) is 16.5. The van der Waals surface area contributed by atoms with Crippen molar-refractivity contribution in [2.45, 2.75) is 81.1 Å². The molecule has 0 N–H and O–H groups in total. The van der Waals surface area contributed by atoms with Crippen LogP contribution in [0.25, 0.3) is 0 Å². The van der Waals surface area contributed by atoms with Crippen LogP contribution in [0.5, 0.6) is 0 Å². The van der Waals surface area contributed by atoms with Gasteiger partial charge in [-0.15, -0.1) is 0 Å². The van der Waals surface area contributed by atoms with Crippen molar-refractivity contribution < 1.29 is 0 Å². The van der Waals surface area contributed by atoms with Gasteiger partial charge in [0.2, 0.25) is 0 Å². The highest BCUT2D eigenvalue weighted by Gasteiger charge is 1.98. The first-order chi connectivity index (χ1) is 8.88. The molecule has 0 bridgehead atoms. The van der Waals surface area contributed by atoms with E-state index in [9.17, 15) is 0 Å². The first-order valence-corrected chi connectivity index (χ1v) is 7.95. The Morgan fingerprint density at radius 2 is 0.889 bits per heavy atom. The SMILES string of the molecule is CC.CC.CC.CCCc1ccccc1CCC. The van der Waals surface area contributed by atoms with Crippen molar-refractivity contribution in [3.63, 3.8) is 0 Å². The molecule has 0 aliphatic carbocycles. The van der Waals surface area contributed by atoms with Crippen molar-refractivity contribution in [1.29, 1.82) is 0 Å². The molecule has 0 unspecified atom stereocenters. The van der Waals surface area contributed by atoms with E-state index in [1.165, 1.54) is 25.7 Å². The third-order valence-corrected chi connectivity index (χ3v) is 2.16. The lowest BCUT2D eigenvalue weighted by molar-refractivity contribution is 0.861. The zero-order chi connectivity index (χ0) is 14.8. The largest absolute Gasteiger partial charge is 0.0683 e. The first-order valence-electron chi connectivity index (χ1n) is 7.95. The third-order valence-electron chi connectivity index (χ3n) is 2.16. The fourth-order valence-corrected chi connectivity index (χ4v) is 1.58. The van der Waals surface area contributed by atoms with Crippen LogP contribution in [0.1, 0.15) is 79.4 Å². The first kappa shape index (κ1) is 22.4. The van der Waals surface area contributed by atoms with Crippen molar-refractivity contribution in [2.24, 2.45) is 0 Å². The van der Waals surface area contributed by atoms with Crippen molar-refractivity contribution >= 4 is 0 Å². The Balaban J connectivity index is -0.000000328. The van der Waals surface area contributed by atoms with E-state index < -0.39 is 0 Å². The molecule has 0 spiro atoms. The minimum Gasteiger partial charge on any atom is -0.0683 e. The highest BCUT2D eigenvalue weighted by atomic mass is 14.0. The van der Waals surface area contributed by atoms with Crippen molar-refractivity contribution in [3.05, 3.63) is 35.4 Å². The van der Waals surface area contributed by atoms with Gasteiger partial charge in [-0.2, -0.15) is 0 Å². The minimum absolute atomic E-state index is 1.23. The summed E-state index contributed by atoms with van der Waals surface area (Å²) in [5.41, 5.74) is 3.09. The second-order valence-corrected chi connectivity index (χ2v) is 3.27. The molecule has 18 heavy (non-hydrogen) atoms. The molecule has 0 heterocycles. The number of hydrogen-bond donors (Lipinski definition) is 0. The molecule has 108 valence electrons. The predicted octanol–water partition coefficient (Wildman–Crippen LogP) is 6.67. The molecule has 0 aliphatic heterocycles. The summed E-state index contributed by atoms with van der Waals surface area (Å²) in [5, 5.41) is 0. The average molecular weight is 252 g/mol. The second kappa shape index (κ2) is 21.5. The Kier molecular flexibility index (Phi) is 26.8. The van der Waals surface area contributed by atoms with Crippen LogP contribution < -0.4 is 0 Å². The Labute approximate surface area is 117 Å². The molecule has 0 saturated heterocycles. The molecular weight excluding hydrogens is 216 g/mol. The molecule has 0 aromatic heterocycles. The van der Waals surface area contributed by atoms with E-state index in [-0.39, 0.29) is 0 Å². The normalized spacial score (nSPS) is 7.78. The molecule has 0 atom stereocenters. The van der Waals surface area contributed by atoms with Crippen molar-refractivity contribution in [1.82, 2.24) is 0 Å². The van der Waals surface area contributed by atoms with Crippen LogP contribution in [0.4, 0.5) is 0 Å². The molecule has 0 nitrogen and oxygen atoms in total. The topological polar surface area (TPSA) is 0 Å². The molecule has 0 aliphatic rings. The Morgan fingerprint density at radius 3 is 1.11 bits per heavy atom. The lowest BCUT2D eigenvalue weighted by Crippen LogP contribution is -1.92. The monoisotopic (exact) mass is 252 g/mol. The summed E-state index contributed by atoms with van der Waals surface area (Å²) < 4.78 is 0. The summed E-state index contributed by atoms with van der Waals surface area (Å²) in [6.07, 6.45) is 4.97. The maximum Gasteiger partial charge on any atom is -0.0279 e. The van der Waals surface area contributed by atoms with Crippen molar-refractivity contribution in [2.75, 3.05) is 0 Å². The van der Waals surface area contributed by atoms with Gasteiger partial charge in [0.05, 0.1) is 0 Å². The lowest BCUT2D eigenvalue weighted by atomic mass is 10.00. The predicted molar refractivity (Wildman–Crippen MR) is 88.5 cm³/mol. The van der Waals surface area contributed by atoms with E-state index in [0.29, 0.717) is 0 Å².